The average Bonchev–Trinajstić information content (AvgIpc) is 2.88. The molecule has 0 radical (unpaired) electrons. The summed E-state index contributed by atoms with van der Waals surface area (Å²) in [5.41, 5.74) is 6.04. The van der Waals surface area contributed by atoms with Gasteiger partial charge in [-0.1, -0.05) is 28.1 Å². The Kier molecular flexibility index (Phi) is 3.86. The molecule has 2 aliphatic heterocycles. The van der Waals surface area contributed by atoms with Crippen LogP contribution in [0.4, 0.5) is 4.79 Å². The van der Waals surface area contributed by atoms with Crippen LogP contribution in [-0.2, 0) is 10.3 Å². The number of halogens is 1. The molecule has 0 aromatic heterocycles. The van der Waals surface area contributed by atoms with Gasteiger partial charge in [0.1, 0.15) is 5.54 Å². The molecule has 3 N–H and O–H groups in total. The molecule has 3 rings (SSSR count). The topological polar surface area (TPSA) is 78.7 Å². The summed E-state index contributed by atoms with van der Waals surface area (Å²) < 4.78 is 0.948. The number of urea groups is 1. The smallest absolute Gasteiger partial charge is 0.317 e. The lowest BCUT2D eigenvalue weighted by molar-refractivity contribution is -0.139. The van der Waals surface area contributed by atoms with E-state index in [9.17, 15) is 9.59 Å². The fourth-order valence-corrected chi connectivity index (χ4v) is 3.30. The molecule has 2 aliphatic rings. The van der Waals surface area contributed by atoms with Gasteiger partial charge in [0.25, 0.3) is 0 Å². The van der Waals surface area contributed by atoms with Crippen LogP contribution in [0, 0.1) is 0 Å². The number of benzene rings is 1. The summed E-state index contributed by atoms with van der Waals surface area (Å²) >= 11 is 3.38. The summed E-state index contributed by atoms with van der Waals surface area (Å²) in [6.45, 7) is 3.93. The lowest BCUT2D eigenvalue weighted by Crippen LogP contribution is -2.59. The third kappa shape index (κ3) is 2.59. The van der Waals surface area contributed by atoms with E-state index in [2.05, 4.69) is 21.2 Å². The summed E-state index contributed by atoms with van der Waals surface area (Å²) in [5.74, 6) is -0.103. The Bertz CT molecular complexity index is 602. The fraction of sp³-hybridized carbons (Fsp3) is 0.467. The lowest BCUT2D eigenvalue weighted by Gasteiger charge is -2.40. The van der Waals surface area contributed by atoms with Crippen LogP contribution in [0.1, 0.15) is 12.5 Å². The van der Waals surface area contributed by atoms with Crippen molar-refractivity contribution in [2.75, 3.05) is 26.2 Å². The zero-order chi connectivity index (χ0) is 15.9. The van der Waals surface area contributed by atoms with Crippen LogP contribution in [0.25, 0.3) is 0 Å². The second kappa shape index (κ2) is 5.55. The number of rotatable bonds is 2. The molecule has 0 saturated carbocycles. The molecular formula is C15H19BrN4O2. The molecule has 6 nitrogen and oxygen atoms in total. The second-order valence-corrected chi connectivity index (χ2v) is 6.91. The highest BCUT2D eigenvalue weighted by atomic mass is 79.9. The van der Waals surface area contributed by atoms with Gasteiger partial charge in [-0.25, -0.2) is 4.79 Å². The van der Waals surface area contributed by atoms with Gasteiger partial charge in [0.2, 0.25) is 5.91 Å². The summed E-state index contributed by atoms with van der Waals surface area (Å²) in [6.07, 6.45) is 0. The Morgan fingerprint density at radius 1 is 1.36 bits per heavy atom. The molecule has 0 spiro atoms. The third-order valence-electron chi connectivity index (χ3n) is 4.41. The van der Waals surface area contributed by atoms with Gasteiger partial charge in [0.05, 0.1) is 6.04 Å². The van der Waals surface area contributed by atoms with Crippen molar-refractivity contribution in [3.05, 3.63) is 34.3 Å². The van der Waals surface area contributed by atoms with Crippen molar-refractivity contribution in [1.82, 2.24) is 15.1 Å². The van der Waals surface area contributed by atoms with Crippen molar-refractivity contribution in [1.29, 1.82) is 0 Å². The van der Waals surface area contributed by atoms with Gasteiger partial charge in [-0.3, -0.25) is 4.79 Å². The molecule has 2 unspecified atom stereocenters. The molecule has 2 saturated heterocycles. The Labute approximate surface area is 137 Å². The predicted octanol–water partition coefficient (Wildman–Crippen LogP) is 0.859. The molecule has 3 amide bonds. The number of piperazine rings is 1. The Balaban J connectivity index is 1.75. The standard InChI is InChI=1S/C15H19BrN4O2/c1-15(17,10-2-4-11(16)5-3-10)13(21)19-6-7-20-12(9-19)8-18-14(20)22/h2-5,12H,6-9,17H2,1H3,(H,18,22). The maximum atomic E-state index is 12.8. The van der Waals surface area contributed by atoms with Crippen molar-refractivity contribution in [2.24, 2.45) is 5.73 Å². The molecule has 2 heterocycles. The summed E-state index contributed by atoms with van der Waals surface area (Å²) in [4.78, 5) is 28.0. The molecule has 1 aromatic rings. The molecule has 0 bridgehead atoms. The van der Waals surface area contributed by atoms with Crippen molar-refractivity contribution >= 4 is 27.9 Å². The van der Waals surface area contributed by atoms with Gasteiger partial charge < -0.3 is 20.9 Å². The fourth-order valence-electron chi connectivity index (χ4n) is 3.04. The minimum Gasteiger partial charge on any atom is -0.337 e. The number of carbonyl (C=O) groups is 2. The minimum absolute atomic E-state index is 0.0412. The van der Waals surface area contributed by atoms with Gasteiger partial charge in [-0.15, -0.1) is 0 Å². The summed E-state index contributed by atoms with van der Waals surface area (Å²) in [5, 5.41) is 2.81. The van der Waals surface area contributed by atoms with Crippen LogP contribution in [0.3, 0.4) is 0 Å². The molecule has 2 fully saturated rings. The van der Waals surface area contributed by atoms with Crippen LogP contribution in [0.2, 0.25) is 0 Å². The van der Waals surface area contributed by atoms with E-state index in [0.29, 0.717) is 26.2 Å². The minimum atomic E-state index is -1.07. The van der Waals surface area contributed by atoms with Gasteiger partial charge in [-0.2, -0.15) is 0 Å². The van der Waals surface area contributed by atoms with Gasteiger partial charge in [0.15, 0.2) is 0 Å². The van der Waals surface area contributed by atoms with E-state index in [4.69, 9.17) is 5.73 Å². The highest BCUT2D eigenvalue weighted by Crippen LogP contribution is 2.24. The van der Waals surface area contributed by atoms with E-state index in [1.165, 1.54) is 0 Å². The van der Waals surface area contributed by atoms with Crippen LogP contribution in [0.5, 0.6) is 0 Å². The van der Waals surface area contributed by atoms with Crippen LogP contribution in [0.15, 0.2) is 28.7 Å². The molecule has 7 heteroatoms. The lowest BCUT2D eigenvalue weighted by atomic mass is 9.91. The number of amides is 3. The third-order valence-corrected chi connectivity index (χ3v) is 4.94. The van der Waals surface area contributed by atoms with Crippen molar-refractivity contribution in [3.63, 3.8) is 0 Å². The summed E-state index contributed by atoms with van der Waals surface area (Å²) in [7, 11) is 0. The maximum Gasteiger partial charge on any atom is 0.317 e. The second-order valence-electron chi connectivity index (χ2n) is 5.99. The number of nitrogens with zero attached hydrogens (tertiary/aromatic N) is 2. The van der Waals surface area contributed by atoms with E-state index >= 15 is 0 Å². The number of fused-ring (bicyclic) bond motifs is 1. The van der Waals surface area contributed by atoms with Gasteiger partial charge in [-0.05, 0) is 24.6 Å². The molecule has 2 atom stereocenters. The molecule has 22 heavy (non-hydrogen) atoms. The van der Waals surface area contributed by atoms with E-state index in [1.54, 1.807) is 16.7 Å². The van der Waals surface area contributed by atoms with Crippen molar-refractivity contribution in [2.45, 2.75) is 18.5 Å². The van der Waals surface area contributed by atoms with E-state index in [1.807, 2.05) is 24.3 Å². The Morgan fingerprint density at radius 3 is 2.73 bits per heavy atom. The van der Waals surface area contributed by atoms with Crippen LogP contribution < -0.4 is 11.1 Å². The molecular weight excluding hydrogens is 348 g/mol. The maximum absolute atomic E-state index is 12.8. The Morgan fingerprint density at radius 2 is 2.05 bits per heavy atom. The number of hydrogen-bond acceptors (Lipinski definition) is 3. The quantitative estimate of drug-likeness (QED) is 0.814. The molecule has 118 valence electrons. The Hall–Kier alpha value is -1.60. The normalized spacial score (nSPS) is 23.8. The van der Waals surface area contributed by atoms with Gasteiger partial charge >= 0.3 is 6.03 Å². The summed E-state index contributed by atoms with van der Waals surface area (Å²) in [6, 6.07) is 7.49. The molecule has 1 aromatic carbocycles. The first-order valence-corrected chi connectivity index (χ1v) is 8.07. The molecule has 0 aliphatic carbocycles. The monoisotopic (exact) mass is 366 g/mol. The highest BCUT2D eigenvalue weighted by Gasteiger charge is 2.41. The van der Waals surface area contributed by atoms with E-state index in [-0.39, 0.29) is 18.0 Å². The van der Waals surface area contributed by atoms with Crippen molar-refractivity contribution < 1.29 is 9.59 Å². The largest absolute Gasteiger partial charge is 0.337 e. The number of nitrogens with two attached hydrogens (primary N) is 1. The zero-order valence-electron chi connectivity index (χ0n) is 12.4. The number of hydrogen-bond donors (Lipinski definition) is 2. The van der Waals surface area contributed by atoms with E-state index in [0.717, 1.165) is 10.0 Å². The SMILES string of the molecule is CC(N)(C(=O)N1CCN2C(=O)NCC2C1)c1ccc(Br)cc1. The first-order valence-electron chi connectivity index (χ1n) is 7.28. The first kappa shape index (κ1) is 15.3. The van der Waals surface area contributed by atoms with Crippen LogP contribution >= 0.6 is 15.9 Å². The van der Waals surface area contributed by atoms with E-state index < -0.39 is 5.54 Å². The number of nitrogens with one attached hydrogen (secondary N) is 1. The predicted molar refractivity (Wildman–Crippen MR) is 86.2 cm³/mol. The van der Waals surface area contributed by atoms with Gasteiger partial charge in [0, 0.05) is 30.7 Å². The number of carbonyl (C=O) groups excluding carboxylic acids is 2. The average molecular weight is 367 g/mol. The van der Waals surface area contributed by atoms with Crippen LogP contribution in [-0.4, -0.2) is 54.0 Å². The zero-order valence-corrected chi connectivity index (χ0v) is 14.0. The first-order chi connectivity index (χ1) is 10.4. The highest BCUT2D eigenvalue weighted by molar-refractivity contribution is 9.10. The van der Waals surface area contributed by atoms with Crippen molar-refractivity contribution in [3.8, 4) is 0 Å².